The highest BCUT2D eigenvalue weighted by Gasteiger charge is 2.66. The Labute approximate surface area is 262 Å². The highest BCUT2D eigenvalue weighted by atomic mass is 31.2. The monoisotopic (exact) mass is 626 g/mol. The lowest BCUT2D eigenvalue weighted by molar-refractivity contribution is -0.132. The molecule has 3 aliphatic rings. The Morgan fingerprint density at radius 1 is 0.978 bits per heavy atom. The molecule has 3 fully saturated rings. The molecule has 1 aromatic carbocycles. The molecule has 3 aromatic rings. The van der Waals surface area contributed by atoms with Crippen molar-refractivity contribution in [1.82, 2.24) is 24.9 Å². The summed E-state index contributed by atoms with van der Waals surface area (Å²) < 4.78 is 26.4. The van der Waals surface area contributed by atoms with Crippen LogP contribution in [0.25, 0.3) is 0 Å². The van der Waals surface area contributed by atoms with E-state index < -0.39 is 13.3 Å². The summed E-state index contributed by atoms with van der Waals surface area (Å²) >= 11 is 0. The minimum absolute atomic E-state index is 0.0380. The second kappa shape index (κ2) is 12.7. The highest BCUT2D eigenvalue weighted by Crippen LogP contribution is 2.61. The fourth-order valence-corrected chi connectivity index (χ4v) is 8.43. The third kappa shape index (κ3) is 6.07. The number of piperidine rings is 1. The molecule has 1 amide bonds. The number of carbonyl (C=O) groups excluding carboxylic acids is 2. The number of nitriles is 1. The number of aromatic nitrogens is 2. The van der Waals surface area contributed by atoms with Crippen LogP contribution in [-0.4, -0.2) is 69.1 Å². The van der Waals surface area contributed by atoms with Gasteiger partial charge in [-0.25, -0.2) is 9.24 Å². The first-order valence-corrected chi connectivity index (χ1v) is 16.6. The van der Waals surface area contributed by atoms with Gasteiger partial charge in [0.05, 0.1) is 24.8 Å². The Morgan fingerprint density at radius 2 is 1.51 bits per heavy atom. The van der Waals surface area contributed by atoms with Crippen molar-refractivity contribution >= 4 is 19.4 Å². The van der Waals surface area contributed by atoms with E-state index in [1.165, 1.54) is 6.08 Å². The van der Waals surface area contributed by atoms with Crippen LogP contribution >= 0.6 is 7.75 Å². The summed E-state index contributed by atoms with van der Waals surface area (Å²) in [5.41, 5.74) is 1.64. The average Bonchev–Trinajstić information content (AvgIpc) is 3.37. The van der Waals surface area contributed by atoms with Crippen LogP contribution in [0.3, 0.4) is 0 Å². The molecule has 45 heavy (non-hydrogen) atoms. The Morgan fingerprint density at radius 3 is 2.00 bits per heavy atom. The molecule has 2 saturated heterocycles. The minimum atomic E-state index is -3.44. The molecule has 4 heterocycles. The van der Waals surface area contributed by atoms with Crippen molar-refractivity contribution in [3.8, 4) is 6.07 Å². The Bertz CT molecular complexity index is 1610. The van der Waals surface area contributed by atoms with E-state index in [-0.39, 0.29) is 42.8 Å². The first kappa shape index (κ1) is 30.8. The Balaban J connectivity index is 1.36. The van der Waals surface area contributed by atoms with Gasteiger partial charge in [-0.15, -0.1) is 0 Å². The molecule has 2 aliphatic heterocycles. The average molecular weight is 627 g/mol. The number of allylic oxidation sites excluding steroid dienone is 1. The molecule has 0 spiro atoms. The van der Waals surface area contributed by atoms with E-state index in [1.807, 2.05) is 24.3 Å². The number of nitrogens with one attached hydrogen (secondary N) is 1. The molecule has 0 radical (unpaired) electrons. The number of carbonyl (C=O) groups is 2. The third-order valence-electron chi connectivity index (χ3n) is 8.69. The summed E-state index contributed by atoms with van der Waals surface area (Å²) in [4.78, 5) is 38.4. The molecular weight excluding hydrogens is 591 g/mol. The summed E-state index contributed by atoms with van der Waals surface area (Å²) in [6.45, 7) is 5.00. The highest BCUT2D eigenvalue weighted by molar-refractivity contribution is 7.51. The lowest BCUT2D eigenvalue weighted by atomic mass is 9.85. The number of hydrogen-bond acceptors (Lipinski definition) is 9. The van der Waals surface area contributed by atoms with Crippen molar-refractivity contribution < 1.29 is 23.2 Å². The van der Waals surface area contributed by atoms with E-state index >= 15 is 0 Å². The van der Waals surface area contributed by atoms with Gasteiger partial charge in [-0.3, -0.25) is 33.5 Å². The lowest BCUT2D eigenvalue weighted by Crippen LogP contribution is -2.51. The van der Waals surface area contributed by atoms with Crippen LogP contribution in [0, 0.1) is 23.2 Å². The molecule has 2 aromatic heterocycles. The van der Waals surface area contributed by atoms with Crippen molar-refractivity contribution in [3.05, 3.63) is 107 Å². The zero-order valence-electron chi connectivity index (χ0n) is 25.2. The number of nitrogens with zero attached hydrogens (tertiary/aromatic N) is 5. The number of rotatable bonds is 12. The van der Waals surface area contributed by atoms with Crippen LogP contribution in [0.4, 0.5) is 0 Å². The standard InChI is InChI=1S/C33H35N6O5P/c1-3-43-45(42,44-4-2)38-21-27-28(22-38)31(27)39-30(17-29(40)26-7-5-25(20-34)6-8-26)37-33(32(39)41,18-23-9-13-35-14-10-23)19-24-11-15-36-16-12-24/h5-17,27-28,31,37H,3-4,18-19,21-22H2,1-2H3. The number of amides is 1. The van der Waals surface area contributed by atoms with Gasteiger partial charge in [0.2, 0.25) is 0 Å². The van der Waals surface area contributed by atoms with E-state index in [2.05, 4.69) is 21.4 Å². The number of benzene rings is 1. The van der Waals surface area contributed by atoms with Gasteiger partial charge < -0.3 is 5.32 Å². The van der Waals surface area contributed by atoms with Crippen LogP contribution in [0.2, 0.25) is 0 Å². The predicted molar refractivity (Wildman–Crippen MR) is 165 cm³/mol. The maximum Gasteiger partial charge on any atom is 0.408 e. The summed E-state index contributed by atoms with van der Waals surface area (Å²) in [6, 6.07) is 15.9. The fourth-order valence-electron chi connectivity index (χ4n) is 6.60. The zero-order chi connectivity index (χ0) is 31.6. The van der Waals surface area contributed by atoms with E-state index in [9.17, 15) is 19.4 Å². The van der Waals surface area contributed by atoms with Crippen LogP contribution in [0.15, 0.2) is 85.2 Å². The normalized spacial score (nSPS) is 23.0. The van der Waals surface area contributed by atoms with Crippen LogP contribution < -0.4 is 5.32 Å². The smallest absolute Gasteiger partial charge is 0.357 e. The second-order valence-electron chi connectivity index (χ2n) is 11.5. The van der Waals surface area contributed by atoms with E-state index in [0.717, 1.165) is 11.1 Å². The molecular formula is C33H35N6O5P. The van der Waals surface area contributed by atoms with Crippen molar-refractivity contribution in [2.75, 3.05) is 26.3 Å². The quantitative estimate of drug-likeness (QED) is 0.177. The minimum Gasteiger partial charge on any atom is -0.357 e. The van der Waals surface area contributed by atoms with Gasteiger partial charge in [0.25, 0.3) is 5.91 Å². The van der Waals surface area contributed by atoms with Gasteiger partial charge in [0, 0.05) is 68.4 Å². The molecule has 0 bridgehead atoms. The topological polar surface area (TPSA) is 138 Å². The molecule has 6 rings (SSSR count). The first-order valence-electron chi connectivity index (χ1n) is 15.1. The van der Waals surface area contributed by atoms with Gasteiger partial charge in [-0.2, -0.15) is 5.26 Å². The zero-order valence-corrected chi connectivity index (χ0v) is 26.1. The maximum atomic E-state index is 14.8. The molecule has 2 atom stereocenters. The summed E-state index contributed by atoms with van der Waals surface area (Å²) in [6.07, 6.45) is 9.03. The van der Waals surface area contributed by atoms with Crippen molar-refractivity contribution in [3.63, 3.8) is 0 Å². The van der Waals surface area contributed by atoms with Crippen molar-refractivity contribution in [1.29, 1.82) is 5.26 Å². The van der Waals surface area contributed by atoms with Gasteiger partial charge >= 0.3 is 7.75 Å². The number of pyridine rings is 2. The SMILES string of the molecule is CCOP(=O)(OCC)N1CC2C(C1)C2N1C(=O)C(Cc2ccncc2)(Cc2ccncc2)NC1=CC(=O)c1ccc(C#N)cc1. The summed E-state index contributed by atoms with van der Waals surface area (Å²) in [5, 5.41) is 12.7. The van der Waals surface area contributed by atoms with E-state index in [1.54, 1.807) is 72.5 Å². The summed E-state index contributed by atoms with van der Waals surface area (Å²) in [7, 11) is -3.44. The largest absolute Gasteiger partial charge is 0.408 e. The maximum absolute atomic E-state index is 14.8. The molecule has 1 saturated carbocycles. The molecule has 1 N–H and O–H groups in total. The van der Waals surface area contributed by atoms with Crippen LogP contribution in [-0.2, 0) is 31.2 Å². The molecule has 2 unspecified atom stereocenters. The van der Waals surface area contributed by atoms with Gasteiger partial charge in [-0.1, -0.05) is 0 Å². The molecule has 232 valence electrons. The van der Waals surface area contributed by atoms with Crippen molar-refractivity contribution in [2.24, 2.45) is 11.8 Å². The van der Waals surface area contributed by atoms with Crippen LogP contribution in [0.5, 0.6) is 0 Å². The van der Waals surface area contributed by atoms with E-state index in [0.29, 0.717) is 42.9 Å². The van der Waals surface area contributed by atoms with Gasteiger partial charge in [0.1, 0.15) is 11.4 Å². The lowest BCUT2D eigenvalue weighted by Gasteiger charge is -2.30. The predicted octanol–water partition coefficient (Wildman–Crippen LogP) is 4.14. The molecule has 1 aliphatic carbocycles. The number of hydrogen-bond donors (Lipinski definition) is 1. The second-order valence-corrected chi connectivity index (χ2v) is 13.5. The Hall–Kier alpha value is -4.20. The number of ketones is 1. The summed E-state index contributed by atoms with van der Waals surface area (Å²) in [5.74, 6) is 0.0973. The number of fused-ring (bicyclic) bond motifs is 1. The Kier molecular flexibility index (Phi) is 8.67. The van der Waals surface area contributed by atoms with Crippen LogP contribution in [0.1, 0.15) is 40.9 Å². The van der Waals surface area contributed by atoms with E-state index in [4.69, 9.17) is 9.05 Å². The molecule has 12 heteroatoms. The fraction of sp³-hybridized carbons (Fsp3) is 0.364. The van der Waals surface area contributed by atoms with Crippen molar-refractivity contribution in [2.45, 2.75) is 38.3 Å². The third-order valence-corrected chi connectivity index (χ3v) is 10.9. The van der Waals surface area contributed by atoms with Gasteiger partial charge in [0.15, 0.2) is 5.78 Å². The first-order chi connectivity index (χ1) is 21.8. The molecule has 11 nitrogen and oxygen atoms in total. The van der Waals surface area contributed by atoms with Gasteiger partial charge in [-0.05, 0) is 85.3 Å².